The van der Waals surface area contributed by atoms with Crippen LogP contribution < -0.4 is 16.0 Å². The number of benzene rings is 2. The van der Waals surface area contributed by atoms with Crippen molar-refractivity contribution in [2.45, 2.75) is 19.9 Å². The molecule has 0 bridgehead atoms. The highest BCUT2D eigenvalue weighted by Crippen LogP contribution is 2.41. The number of amides is 2. The van der Waals surface area contributed by atoms with Gasteiger partial charge in [-0.2, -0.15) is 0 Å². The predicted octanol–water partition coefficient (Wildman–Crippen LogP) is 5.09. The van der Waals surface area contributed by atoms with E-state index in [2.05, 4.69) is 22.5 Å². The van der Waals surface area contributed by atoms with Gasteiger partial charge >= 0.3 is 0 Å². The molecular weight excluding hydrogens is 420 g/mol. The number of hydrogen-bond donors (Lipinski definition) is 3. The summed E-state index contributed by atoms with van der Waals surface area (Å²) in [4.78, 5) is 30.2. The third-order valence-electron chi connectivity index (χ3n) is 5.59. The molecule has 0 spiro atoms. The lowest BCUT2D eigenvalue weighted by molar-refractivity contribution is -0.111. The van der Waals surface area contributed by atoms with E-state index >= 15 is 0 Å². The van der Waals surface area contributed by atoms with Gasteiger partial charge in [-0.05, 0) is 55.8 Å². The average molecular weight is 443 g/mol. The Morgan fingerprint density at radius 3 is 2.91 bits per heavy atom. The van der Waals surface area contributed by atoms with Gasteiger partial charge in [-0.25, -0.2) is 4.98 Å². The summed E-state index contributed by atoms with van der Waals surface area (Å²) in [6.07, 6.45) is 1.25. The van der Waals surface area contributed by atoms with E-state index in [-0.39, 0.29) is 17.9 Å². The second kappa shape index (κ2) is 7.76. The minimum absolute atomic E-state index is 0.0429. The molecule has 1 aliphatic heterocycles. The fourth-order valence-corrected chi connectivity index (χ4v) is 5.14. The molecule has 7 heteroatoms. The fraction of sp³-hybridized carbons (Fsp3) is 0.160. The van der Waals surface area contributed by atoms with Crippen molar-refractivity contribution in [1.82, 2.24) is 10.3 Å². The second-order valence-corrected chi connectivity index (χ2v) is 9.06. The Balaban J connectivity index is 1.67. The molecular formula is C25H22N4O2S. The average Bonchev–Trinajstić information content (AvgIpc) is 3.10. The predicted molar refractivity (Wildman–Crippen MR) is 132 cm³/mol. The van der Waals surface area contributed by atoms with Crippen molar-refractivity contribution in [3.63, 3.8) is 0 Å². The van der Waals surface area contributed by atoms with Crippen LogP contribution in [-0.4, -0.2) is 29.4 Å². The molecule has 0 fully saturated rings. The summed E-state index contributed by atoms with van der Waals surface area (Å²) in [7, 11) is 0. The number of rotatable bonds is 3. The van der Waals surface area contributed by atoms with Gasteiger partial charge in [0.05, 0.1) is 22.6 Å². The minimum Gasteiger partial charge on any atom is -0.381 e. The van der Waals surface area contributed by atoms with E-state index in [0.29, 0.717) is 17.1 Å². The summed E-state index contributed by atoms with van der Waals surface area (Å²) in [5.41, 5.74) is 5.03. The van der Waals surface area contributed by atoms with Gasteiger partial charge in [0.1, 0.15) is 4.88 Å². The lowest BCUT2D eigenvalue weighted by Gasteiger charge is -2.12. The summed E-state index contributed by atoms with van der Waals surface area (Å²) < 4.78 is 1.04. The molecule has 2 aromatic carbocycles. The van der Waals surface area contributed by atoms with Crippen molar-refractivity contribution in [2.24, 2.45) is 0 Å². The highest BCUT2D eigenvalue weighted by molar-refractivity contribution is 7.21. The Kier molecular flexibility index (Phi) is 4.90. The number of hydrogen-bond acceptors (Lipinski definition) is 5. The smallest absolute Gasteiger partial charge is 0.263 e. The first-order valence-electron chi connectivity index (χ1n) is 10.4. The molecule has 2 amide bonds. The maximum Gasteiger partial charge on any atom is 0.263 e. The molecule has 0 unspecified atom stereocenters. The van der Waals surface area contributed by atoms with Crippen molar-refractivity contribution in [1.29, 1.82) is 0 Å². The van der Waals surface area contributed by atoms with Gasteiger partial charge < -0.3 is 16.0 Å². The van der Waals surface area contributed by atoms with Crippen LogP contribution in [0.4, 0.5) is 11.4 Å². The Hall–Kier alpha value is -3.71. The van der Waals surface area contributed by atoms with Crippen LogP contribution >= 0.6 is 11.3 Å². The number of aromatic nitrogens is 1. The molecule has 1 atom stereocenters. The topological polar surface area (TPSA) is 83.1 Å². The summed E-state index contributed by atoms with van der Waals surface area (Å²) in [6, 6.07) is 13.9. The third-order valence-corrected chi connectivity index (χ3v) is 6.74. The van der Waals surface area contributed by atoms with E-state index in [1.165, 1.54) is 17.4 Å². The molecule has 0 radical (unpaired) electrons. The summed E-state index contributed by atoms with van der Waals surface area (Å²) in [6.45, 7) is 8.17. The number of pyridine rings is 1. The number of nitrogens with one attached hydrogen (secondary N) is 3. The standard InChI is InChI=1S/C25H22N4O2S/c1-4-21(30)29-19-11-13(2)5-6-15(19)17-8-7-16-18(28-17)9-10-20-22(16)23-24(32-20)25(31)27-14(3)12-26-23/h4-11,14,26H,1,12H2,2-3H3,(H,27,31)(H,29,30)/t14-/m1/s1. The van der Waals surface area contributed by atoms with Gasteiger partial charge in [0.2, 0.25) is 5.91 Å². The first-order chi connectivity index (χ1) is 15.4. The van der Waals surface area contributed by atoms with Crippen molar-refractivity contribution in [2.75, 3.05) is 17.2 Å². The summed E-state index contributed by atoms with van der Waals surface area (Å²) in [5.74, 6) is -0.308. The van der Waals surface area contributed by atoms with Gasteiger partial charge in [-0.3, -0.25) is 9.59 Å². The van der Waals surface area contributed by atoms with Gasteiger partial charge in [0, 0.05) is 33.6 Å². The Bertz CT molecular complexity index is 1420. The molecule has 0 saturated carbocycles. The first-order valence-corrected chi connectivity index (χ1v) is 11.2. The van der Waals surface area contributed by atoms with Crippen LogP contribution in [-0.2, 0) is 4.79 Å². The lowest BCUT2D eigenvalue weighted by atomic mass is 10.0. The summed E-state index contributed by atoms with van der Waals surface area (Å²) in [5, 5.41) is 11.4. The Morgan fingerprint density at radius 1 is 1.25 bits per heavy atom. The fourth-order valence-electron chi connectivity index (χ4n) is 4.04. The molecule has 6 nitrogen and oxygen atoms in total. The van der Waals surface area contributed by atoms with Crippen LogP contribution in [0.3, 0.4) is 0 Å². The van der Waals surface area contributed by atoms with Crippen molar-refractivity contribution >= 4 is 55.5 Å². The van der Waals surface area contributed by atoms with Crippen LogP contribution in [0.25, 0.3) is 32.2 Å². The van der Waals surface area contributed by atoms with Crippen molar-refractivity contribution < 1.29 is 9.59 Å². The molecule has 5 rings (SSSR count). The second-order valence-electron chi connectivity index (χ2n) is 8.01. The zero-order chi connectivity index (χ0) is 22.4. The Labute approximate surface area is 189 Å². The molecule has 4 aromatic rings. The highest BCUT2D eigenvalue weighted by Gasteiger charge is 2.24. The molecule has 3 heterocycles. The largest absolute Gasteiger partial charge is 0.381 e. The number of fused-ring (bicyclic) bond motifs is 5. The Morgan fingerprint density at radius 2 is 2.09 bits per heavy atom. The van der Waals surface area contributed by atoms with E-state index in [0.717, 1.165) is 43.5 Å². The van der Waals surface area contributed by atoms with Crippen LogP contribution in [0, 0.1) is 6.92 Å². The molecule has 2 aromatic heterocycles. The van der Waals surface area contributed by atoms with Crippen LogP contribution in [0.15, 0.2) is 55.1 Å². The number of thiophene rings is 1. The maximum absolute atomic E-state index is 12.6. The number of carbonyl (C=O) groups excluding carboxylic acids is 2. The zero-order valence-corrected chi connectivity index (χ0v) is 18.6. The summed E-state index contributed by atoms with van der Waals surface area (Å²) >= 11 is 1.49. The van der Waals surface area contributed by atoms with E-state index in [1.807, 2.05) is 56.3 Å². The maximum atomic E-state index is 12.6. The van der Waals surface area contributed by atoms with E-state index in [1.54, 1.807) is 0 Å². The monoisotopic (exact) mass is 442 g/mol. The van der Waals surface area contributed by atoms with E-state index < -0.39 is 0 Å². The number of aryl methyl sites for hydroxylation is 1. The van der Waals surface area contributed by atoms with E-state index in [4.69, 9.17) is 4.98 Å². The number of anilines is 2. The van der Waals surface area contributed by atoms with Crippen molar-refractivity contribution in [3.8, 4) is 11.3 Å². The number of nitrogens with zero attached hydrogens (tertiary/aromatic N) is 1. The molecule has 160 valence electrons. The number of carbonyl (C=O) groups is 2. The van der Waals surface area contributed by atoms with Crippen LogP contribution in [0.5, 0.6) is 0 Å². The first kappa shape index (κ1) is 20.2. The molecule has 0 saturated heterocycles. The quantitative estimate of drug-likeness (QED) is 0.386. The van der Waals surface area contributed by atoms with Gasteiger partial charge in [0.25, 0.3) is 5.91 Å². The SMILES string of the molecule is C=CC(=O)Nc1cc(C)ccc1-c1ccc2c(ccc3sc4c(c32)NC[C@@H](C)NC4=O)n1. The normalized spacial score (nSPS) is 15.6. The van der Waals surface area contributed by atoms with Gasteiger partial charge in [-0.15, -0.1) is 11.3 Å². The van der Waals surface area contributed by atoms with Crippen LogP contribution in [0.1, 0.15) is 22.2 Å². The zero-order valence-electron chi connectivity index (χ0n) is 17.8. The molecule has 3 N–H and O–H groups in total. The van der Waals surface area contributed by atoms with Crippen LogP contribution in [0.2, 0.25) is 0 Å². The highest BCUT2D eigenvalue weighted by atomic mass is 32.1. The molecule has 32 heavy (non-hydrogen) atoms. The van der Waals surface area contributed by atoms with Gasteiger partial charge in [-0.1, -0.05) is 18.7 Å². The van der Waals surface area contributed by atoms with E-state index in [9.17, 15) is 9.59 Å². The lowest BCUT2D eigenvalue weighted by Crippen LogP contribution is -2.34. The molecule has 1 aliphatic rings. The van der Waals surface area contributed by atoms with Crippen molar-refractivity contribution in [3.05, 3.63) is 65.6 Å². The minimum atomic E-state index is -0.265. The van der Waals surface area contributed by atoms with Gasteiger partial charge in [0.15, 0.2) is 0 Å². The third kappa shape index (κ3) is 3.40. The molecule has 0 aliphatic carbocycles.